The minimum absolute atomic E-state index is 0.0306. The van der Waals surface area contributed by atoms with E-state index >= 15 is 0 Å². The molecule has 2 unspecified atom stereocenters. The van der Waals surface area contributed by atoms with Gasteiger partial charge in [0.05, 0.1) is 38.7 Å². The SMILES string of the molecule is CCOP(=O)(CCC(O)COC[C@@H]1O[C@H](n2cc(Cl)c(=O)[nH]c2=O)CC1F)OCC. The van der Waals surface area contributed by atoms with E-state index in [-0.39, 0.29) is 50.5 Å². The van der Waals surface area contributed by atoms with E-state index in [0.29, 0.717) is 0 Å². The van der Waals surface area contributed by atoms with Gasteiger partial charge in [-0.25, -0.2) is 9.18 Å². The third kappa shape index (κ3) is 6.98. The van der Waals surface area contributed by atoms with Crippen molar-refractivity contribution < 1.29 is 32.6 Å². The Morgan fingerprint density at radius 2 is 2.07 bits per heavy atom. The molecule has 13 heteroatoms. The van der Waals surface area contributed by atoms with Crippen LogP contribution in [0.5, 0.6) is 0 Å². The average molecular weight is 473 g/mol. The molecule has 1 aliphatic rings. The van der Waals surface area contributed by atoms with Crippen molar-refractivity contribution in [1.82, 2.24) is 9.55 Å². The zero-order chi connectivity index (χ0) is 22.3. The number of hydrogen-bond acceptors (Lipinski definition) is 8. The van der Waals surface area contributed by atoms with Crippen LogP contribution in [0.2, 0.25) is 5.02 Å². The number of halogens is 2. The fraction of sp³-hybridized carbons (Fsp3) is 0.765. The van der Waals surface area contributed by atoms with Crippen LogP contribution in [-0.4, -0.2) is 65.6 Å². The Morgan fingerprint density at radius 1 is 1.40 bits per heavy atom. The molecule has 2 heterocycles. The maximum Gasteiger partial charge on any atom is 0.330 e. The second kappa shape index (κ2) is 11.5. The van der Waals surface area contributed by atoms with Crippen LogP contribution >= 0.6 is 19.2 Å². The highest BCUT2D eigenvalue weighted by atomic mass is 35.5. The highest BCUT2D eigenvalue weighted by Crippen LogP contribution is 2.48. The van der Waals surface area contributed by atoms with Crippen LogP contribution < -0.4 is 11.2 Å². The molecule has 1 aliphatic heterocycles. The lowest BCUT2D eigenvalue weighted by molar-refractivity contribution is -0.0667. The molecule has 0 amide bonds. The summed E-state index contributed by atoms with van der Waals surface area (Å²) < 4.78 is 48.8. The van der Waals surface area contributed by atoms with Crippen LogP contribution in [0.3, 0.4) is 0 Å². The quantitative estimate of drug-likeness (QED) is 0.441. The first kappa shape index (κ1) is 25.2. The second-order valence-electron chi connectivity index (χ2n) is 6.67. The lowest BCUT2D eigenvalue weighted by Crippen LogP contribution is -2.32. The van der Waals surface area contributed by atoms with E-state index in [4.69, 9.17) is 30.1 Å². The molecule has 172 valence electrons. The van der Waals surface area contributed by atoms with Gasteiger partial charge in [0.2, 0.25) is 0 Å². The summed E-state index contributed by atoms with van der Waals surface area (Å²) in [4.78, 5) is 25.2. The average Bonchev–Trinajstić information content (AvgIpc) is 3.04. The number of nitrogens with one attached hydrogen (secondary N) is 1. The number of alkyl halides is 1. The Labute approximate surface area is 177 Å². The van der Waals surface area contributed by atoms with E-state index in [9.17, 15) is 23.7 Å². The summed E-state index contributed by atoms with van der Waals surface area (Å²) in [6.07, 6.45) is -3.14. The van der Waals surface area contributed by atoms with Crippen LogP contribution in [-0.2, 0) is 23.1 Å². The van der Waals surface area contributed by atoms with Gasteiger partial charge in [-0.05, 0) is 20.3 Å². The van der Waals surface area contributed by atoms with Crippen molar-refractivity contribution in [2.24, 2.45) is 0 Å². The molecule has 0 spiro atoms. The fourth-order valence-electron chi connectivity index (χ4n) is 2.95. The van der Waals surface area contributed by atoms with Crippen LogP contribution in [0.4, 0.5) is 4.39 Å². The minimum atomic E-state index is -3.26. The maximum atomic E-state index is 14.3. The van der Waals surface area contributed by atoms with Crippen molar-refractivity contribution in [1.29, 1.82) is 0 Å². The lowest BCUT2D eigenvalue weighted by atomic mass is 10.2. The third-order valence-electron chi connectivity index (χ3n) is 4.38. The number of aliphatic hydroxyl groups is 1. The molecule has 0 aliphatic carbocycles. The standard InChI is InChI=1S/C17H27ClFN2O8P/c1-3-27-30(25,28-4-2)6-5-11(22)9-26-10-14-13(19)7-15(29-14)21-8-12(18)16(23)20-17(21)24/h8,11,13-15,22H,3-7,9-10H2,1-2H3,(H,20,23,24)/t11?,13?,14-,15-/m0/s1. The third-order valence-corrected chi connectivity index (χ3v) is 6.76. The normalized spacial score (nSPS) is 23.0. The molecular weight excluding hydrogens is 446 g/mol. The van der Waals surface area contributed by atoms with Gasteiger partial charge in [0, 0.05) is 12.6 Å². The van der Waals surface area contributed by atoms with Crippen molar-refractivity contribution in [3.63, 3.8) is 0 Å². The van der Waals surface area contributed by atoms with Gasteiger partial charge in [0.25, 0.3) is 5.56 Å². The molecule has 1 fully saturated rings. The van der Waals surface area contributed by atoms with Gasteiger partial charge in [0.1, 0.15) is 23.5 Å². The van der Waals surface area contributed by atoms with E-state index in [1.165, 1.54) is 0 Å². The van der Waals surface area contributed by atoms with Crippen LogP contribution in [0, 0.1) is 0 Å². The topological polar surface area (TPSA) is 129 Å². The summed E-state index contributed by atoms with van der Waals surface area (Å²) in [6.45, 7) is 3.57. The van der Waals surface area contributed by atoms with Gasteiger partial charge >= 0.3 is 13.3 Å². The molecule has 0 aromatic carbocycles. The monoisotopic (exact) mass is 472 g/mol. The van der Waals surface area contributed by atoms with Crippen LogP contribution in [0.15, 0.2) is 15.8 Å². The smallest absolute Gasteiger partial charge is 0.330 e. The van der Waals surface area contributed by atoms with Crippen LogP contribution in [0.25, 0.3) is 0 Å². The number of aromatic amines is 1. The van der Waals surface area contributed by atoms with Gasteiger partial charge in [-0.1, -0.05) is 11.6 Å². The van der Waals surface area contributed by atoms with Crippen molar-refractivity contribution in [3.05, 3.63) is 32.1 Å². The van der Waals surface area contributed by atoms with E-state index in [1.54, 1.807) is 13.8 Å². The van der Waals surface area contributed by atoms with Crippen molar-refractivity contribution >= 4 is 19.2 Å². The van der Waals surface area contributed by atoms with Gasteiger partial charge < -0.3 is 23.6 Å². The number of aliphatic hydroxyl groups excluding tert-OH is 1. The first-order valence-electron chi connectivity index (χ1n) is 9.63. The van der Waals surface area contributed by atoms with Crippen molar-refractivity contribution in [3.8, 4) is 0 Å². The number of nitrogens with zero attached hydrogens (tertiary/aromatic N) is 1. The predicted octanol–water partition coefficient (Wildman–Crippen LogP) is 1.85. The first-order valence-corrected chi connectivity index (χ1v) is 11.7. The Hall–Kier alpha value is -1.07. The second-order valence-corrected chi connectivity index (χ2v) is 9.27. The fourth-order valence-corrected chi connectivity index (χ4v) is 4.84. The molecule has 1 aromatic rings. The van der Waals surface area contributed by atoms with Gasteiger partial charge in [0.15, 0.2) is 0 Å². The van der Waals surface area contributed by atoms with Crippen molar-refractivity contribution in [2.45, 2.75) is 51.3 Å². The zero-order valence-electron chi connectivity index (χ0n) is 16.8. The van der Waals surface area contributed by atoms with Gasteiger partial charge in [-0.3, -0.25) is 18.9 Å². The van der Waals surface area contributed by atoms with E-state index < -0.39 is 43.5 Å². The summed E-state index contributed by atoms with van der Waals surface area (Å²) in [5.74, 6) is 0. The molecule has 0 bridgehead atoms. The minimum Gasteiger partial charge on any atom is -0.391 e. The van der Waals surface area contributed by atoms with E-state index in [2.05, 4.69) is 0 Å². The predicted molar refractivity (Wildman–Crippen MR) is 107 cm³/mol. The summed E-state index contributed by atoms with van der Waals surface area (Å²) >= 11 is 5.71. The largest absolute Gasteiger partial charge is 0.391 e. The Balaban J connectivity index is 1.81. The number of H-pyrrole nitrogens is 1. The maximum absolute atomic E-state index is 14.3. The Morgan fingerprint density at radius 3 is 2.70 bits per heavy atom. The van der Waals surface area contributed by atoms with Gasteiger partial charge in [-0.15, -0.1) is 0 Å². The molecule has 1 aromatic heterocycles. The molecular formula is C17H27ClFN2O8P. The molecule has 10 nitrogen and oxygen atoms in total. The number of ether oxygens (including phenoxy) is 2. The summed E-state index contributed by atoms with van der Waals surface area (Å²) in [7, 11) is -3.26. The Bertz CT molecular complexity index is 840. The van der Waals surface area contributed by atoms with Crippen molar-refractivity contribution in [2.75, 3.05) is 32.6 Å². The molecule has 2 N–H and O–H groups in total. The van der Waals surface area contributed by atoms with E-state index in [0.717, 1.165) is 10.8 Å². The summed E-state index contributed by atoms with van der Waals surface area (Å²) in [5.41, 5.74) is -1.49. The molecule has 0 saturated carbocycles. The highest BCUT2D eigenvalue weighted by Gasteiger charge is 2.37. The molecule has 0 radical (unpaired) electrons. The summed E-state index contributed by atoms with van der Waals surface area (Å²) in [5, 5.41) is 9.81. The summed E-state index contributed by atoms with van der Waals surface area (Å²) in [6, 6.07) is 0. The molecule has 2 rings (SSSR count). The molecule has 30 heavy (non-hydrogen) atoms. The first-order chi connectivity index (χ1) is 14.2. The number of hydrogen-bond donors (Lipinski definition) is 2. The van der Waals surface area contributed by atoms with E-state index in [1.807, 2.05) is 4.98 Å². The lowest BCUT2D eigenvalue weighted by Gasteiger charge is -2.19. The number of rotatable bonds is 12. The zero-order valence-corrected chi connectivity index (χ0v) is 18.4. The number of aromatic nitrogens is 2. The van der Waals surface area contributed by atoms with Gasteiger partial charge in [-0.2, -0.15) is 0 Å². The molecule has 4 atom stereocenters. The van der Waals surface area contributed by atoms with Crippen LogP contribution in [0.1, 0.15) is 32.9 Å². The molecule has 1 saturated heterocycles. The Kier molecular flexibility index (Phi) is 9.67. The highest BCUT2D eigenvalue weighted by molar-refractivity contribution is 7.53.